The molecule has 0 atom stereocenters. The third-order valence-corrected chi connectivity index (χ3v) is 2.85. The molecule has 0 saturated heterocycles. The Labute approximate surface area is 88.1 Å². The van der Waals surface area contributed by atoms with Crippen molar-refractivity contribution in [3.05, 3.63) is 34.5 Å². The molecule has 74 valence electrons. The smallest absolute Gasteiger partial charge is 0.0695 e. The van der Waals surface area contributed by atoms with Crippen molar-refractivity contribution in [3.8, 4) is 0 Å². The number of nitrogens with one attached hydrogen (secondary N) is 1. The van der Waals surface area contributed by atoms with Crippen molar-refractivity contribution in [3.63, 3.8) is 0 Å². The number of H-pyrrole nitrogens is 1. The Bertz CT molecular complexity index is 460. The second-order valence-corrected chi connectivity index (χ2v) is 3.83. The Hall–Kier alpha value is -0.990. The van der Waals surface area contributed by atoms with Gasteiger partial charge in [-0.15, -0.1) is 0 Å². The van der Waals surface area contributed by atoms with Gasteiger partial charge in [0.05, 0.1) is 5.02 Å². The van der Waals surface area contributed by atoms with E-state index in [2.05, 4.69) is 18.0 Å². The molecular weight excluding hydrogens is 196 g/mol. The summed E-state index contributed by atoms with van der Waals surface area (Å²) in [5.74, 6) is 0. The van der Waals surface area contributed by atoms with E-state index in [1.807, 2.05) is 12.1 Å². The van der Waals surface area contributed by atoms with Gasteiger partial charge in [-0.1, -0.05) is 23.7 Å². The van der Waals surface area contributed by atoms with Gasteiger partial charge in [0, 0.05) is 23.0 Å². The third-order valence-electron chi connectivity index (χ3n) is 2.44. The monoisotopic (exact) mass is 208 g/mol. The average Bonchev–Trinajstić information content (AvgIpc) is 2.46. The number of benzene rings is 1. The average molecular weight is 209 g/mol. The van der Waals surface area contributed by atoms with Crippen LogP contribution in [0.3, 0.4) is 0 Å². The molecule has 1 aromatic carbocycles. The second-order valence-electron chi connectivity index (χ2n) is 3.45. The first-order valence-corrected chi connectivity index (χ1v) is 5.07. The van der Waals surface area contributed by atoms with E-state index in [4.69, 9.17) is 17.3 Å². The maximum absolute atomic E-state index is 6.25. The highest BCUT2D eigenvalue weighted by Gasteiger charge is 2.09. The predicted molar refractivity (Wildman–Crippen MR) is 60.8 cm³/mol. The van der Waals surface area contributed by atoms with Crippen LogP contribution in [0.15, 0.2) is 18.2 Å². The number of aryl methyl sites for hydroxylation is 1. The van der Waals surface area contributed by atoms with Gasteiger partial charge in [0.2, 0.25) is 0 Å². The Kier molecular flexibility index (Phi) is 2.48. The number of fused-ring (bicyclic) bond motifs is 1. The normalized spacial score (nSPS) is 11.1. The molecule has 0 aliphatic heterocycles. The zero-order valence-electron chi connectivity index (χ0n) is 8.10. The summed E-state index contributed by atoms with van der Waals surface area (Å²) in [6.07, 6.45) is 0.799. The topological polar surface area (TPSA) is 41.8 Å². The van der Waals surface area contributed by atoms with Crippen LogP contribution in [0, 0.1) is 6.92 Å². The molecule has 1 aromatic heterocycles. The maximum Gasteiger partial charge on any atom is 0.0695 e. The maximum atomic E-state index is 6.25. The lowest BCUT2D eigenvalue weighted by atomic mass is 10.1. The zero-order chi connectivity index (χ0) is 10.1. The summed E-state index contributed by atoms with van der Waals surface area (Å²) in [4.78, 5) is 3.29. The van der Waals surface area contributed by atoms with Gasteiger partial charge in [-0.3, -0.25) is 0 Å². The van der Waals surface area contributed by atoms with Gasteiger partial charge in [-0.05, 0) is 25.1 Å². The first-order chi connectivity index (χ1) is 6.74. The van der Waals surface area contributed by atoms with Gasteiger partial charge < -0.3 is 10.7 Å². The minimum absolute atomic E-state index is 0.617. The summed E-state index contributed by atoms with van der Waals surface area (Å²) in [7, 11) is 0. The number of hydrogen-bond acceptors (Lipinski definition) is 1. The van der Waals surface area contributed by atoms with Gasteiger partial charge in [-0.25, -0.2) is 0 Å². The summed E-state index contributed by atoms with van der Waals surface area (Å²) >= 11 is 6.25. The van der Waals surface area contributed by atoms with Crippen molar-refractivity contribution in [1.29, 1.82) is 0 Å². The van der Waals surface area contributed by atoms with E-state index in [0.29, 0.717) is 6.54 Å². The van der Waals surface area contributed by atoms with Crippen LogP contribution in [0.5, 0.6) is 0 Å². The number of hydrogen-bond donors (Lipinski definition) is 2. The van der Waals surface area contributed by atoms with Crippen molar-refractivity contribution in [2.45, 2.75) is 13.3 Å². The fraction of sp³-hybridized carbons (Fsp3) is 0.273. The molecule has 0 bridgehead atoms. The van der Waals surface area contributed by atoms with Crippen LogP contribution < -0.4 is 5.73 Å². The number of halogens is 1. The predicted octanol–water partition coefficient (Wildman–Crippen LogP) is 2.63. The molecule has 0 aliphatic rings. The summed E-state index contributed by atoms with van der Waals surface area (Å²) in [6.45, 7) is 2.68. The molecule has 0 spiro atoms. The molecule has 2 aromatic rings. The first kappa shape index (κ1) is 9.56. The van der Waals surface area contributed by atoms with E-state index >= 15 is 0 Å². The standard InChI is InChI=1S/C11H13ClN2/c1-7-3-2-4-8-10(7)11(12)9(14-8)5-6-13/h2-4,14H,5-6,13H2,1H3. The molecule has 14 heavy (non-hydrogen) atoms. The molecule has 3 heteroatoms. The molecule has 0 saturated carbocycles. The molecule has 0 fully saturated rings. The van der Waals surface area contributed by atoms with E-state index in [0.717, 1.165) is 28.0 Å². The van der Waals surface area contributed by atoms with E-state index in [-0.39, 0.29) is 0 Å². The summed E-state index contributed by atoms with van der Waals surface area (Å²) in [5.41, 5.74) is 8.85. The van der Waals surface area contributed by atoms with Crippen LogP contribution in [0.4, 0.5) is 0 Å². The molecule has 2 rings (SSSR count). The van der Waals surface area contributed by atoms with Gasteiger partial charge >= 0.3 is 0 Å². The fourth-order valence-corrected chi connectivity index (χ4v) is 2.14. The van der Waals surface area contributed by atoms with Crippen LogP contribution in [-0.4, -0.2) is 11.5 Å². The highest BCUT2D eigenvalue weighted by Crippen LogP contribution is 2.29. The number of aromatic nitrogens is 1. The Morgan fingerprint density at radius 1 is 1.43 bits per heavy atom. The zero-order valence-corrected chi connectivity index (χ0v) is 8.86. The minimum Gasteiger partial charge on any atom is -0.357 e. The second kappa shape index (κ2) is 3.64. The SMILES string of the molecule is Cc1cccc2[nH]c(CCN)c(Cl)c12. The first-order valence-electron chi connectivity index (χ1n) is 4.69. The highest BCUT2D eigenvalue weighted by atomic mass is 35.5. The van der Waals surface area contributed by atoms with E-state index in [1.54, 1.807) is 0 Å². The molecule has 0 amide bonds. The van der Waals surface area contributed by atoms with Crippen molar-refractivity contribution in [1.82, 2.24) is 4.98 Å². The number of aromatic amines is 1. The van der Waals surface area contributed by atoms with Gasteiger partial charge in [0.15, 0.2) is 0 Å². The lowest BCUT2D eigenvalue weighted by Gasteiger charge is -1.95. The summed E-state index contributed by atoms with van der Waals surface area (Å²) in [6, 6.07) is 6.12. The van der Waals surface area contributed by atoms with Crippen LogP contribution in [-0.2, 0) is 6.42 Å². The minimum atomic E-state index is 0.617. The van der Waals surface area contributed by atoms with E-state index in [9.17, 15) is 0 Å². The lowest BCUT2D eigenvalue weighted by molar-refractivity contribution is 0.940. The Morgan fingerprint density at radius 3 is 2.86 bits per heavy atom. The number of nitrogens with two attached hydrogens (primary N) is 1. The summed E-state index contributed by atoms with van der Waals surface area (Å²) < 4.78 is 0. The van der Waals surface area contributed by atoms with Crippen molar-refractivity contribution in [2.24, 2.45) is 5.73 Å². The quantitative estimate of drug-likeness (QED) is 0.783. The molecule has 0 unspecified atom stereocenters. The molecule has 3 N–H and O–H groups in total. The molecule has 2 nitrogen and oxygen atoms in total. The highest BCUT2D eigenvalue weighted by molar-refractivity contribution is 6.36. The molecule has 0 aliphatic carbocycles. The van der Waals surface area contributed by atoms with Crippen molar-refractivity contribution < 1.29 is 0 Å². The van der Waals surface area contributed by atoms with Crippen LogP contribution in [0.25, 0.3) is 10.9 Å². The van der Waals surface area contributed by atoms with Crippen molar-refractivity contribution >= 4 is 22.5 Å². The molecular formula is C11H13ClN2. The largest absolute Gasteiger partial charge is 0.357 e. The van der Waals surface area contributed by atoms with Gasteiger partial charge in [0.1, 0.15) is 0 Å². The van der Waals surface area contributed by atoms with Crippen LogP contribution >= 0.6 is 11.6 Å². The van der Waals surface area contributed by atoms with Gasteiger partial charge in [-0.2, -0.15) is 0 Å². The van der Waals surface area contributed by atoms with Gasteiger partial charge in [0.25, 0.3) is 0 Å². The third kappa shape index (κ3) is 1.41. The fourth-order valence-electron chi connectivity index (χ4n) is 1.75. The van der Waals surface area contributed by atoms with E-state index in [1.165, 1.54) is 5.56 Å². The molecule has 0 radical (unpaired) electrons. The number of rotatable bonds is 2. The summed E-state index contributed by atoms with van der Waals surface area (Å²) in [5, 5.41) is 1.95. The Balaban J connectivity index is 2.68. The molecule has 1 heterocycles. The van der Waals surface area contributed by atoms with Crippen molar-refractivity contribution in [2.75, 3.05) is 6.54 Å². The van der Waals surface area contributed by atoms with Crippen LogP contribution in [0.1, 0.15) is 11.3 Å². The van der Waals surface area contributed by atoms with E-state index < -0.39 is 0 Å². The Morgan fingerprint density at radius 2 is 2.21 bits per heavy atom. The van der Waals surface area contributed by atoms with Crippen LogP contribution in [0.2, 0.25) is 5.02 Å². The lowest BCUT2D eigenvalue weighted by Crippen LogP contribution is -2.02.